The smallest absolute Gasteiger partial charge is 0.346 e. The van der Waals surface area contributed by atoms with E-state index in [2.05, 4.69) is 20.8 Å². The van der Waals surface area contributed by atoms with Gasteiger partial charge in [-0.25, -0.2) is 4.79 Å². The van der Waals surface area contributed by atoms with Crippen LogP contribution in [0.3, 0.4) is 0 Å². The molecule has 5 heteroatoms. The maximum absolute atomic E-state index is 12.9. The van der Waals surface area contributed by atoms with Crippen molar-refractivity contribution in [3.05, 3.63) is 35.1 Å². The summed E-state index contributed by atoms with van der Waals surface area (Å²) in [5.41, 5.74) is 1.16. The molecule has 1 atom stereocenters. The molecular weight excluding hydrogens is 416 g/mol. The van der Waals surface area contributed by atoms with Gasteiger partial charge in [-0.1, -0.05) is 84.1 Å². The van der Waals surface area contributed by atoms with Crippen LogP contribution in [0.2, 0.25) is 0 Å². The molecule has 1 unspecified atom stereocenters. The summed E-state index contributed by atoms with van der Waals surface area (Å²) in [5.74, 6) is -2.44. The van der Waals surface area contributed by atoms with Gasteiger partial charge in [-0.3, -0.25) is 4.79 Å². The number of carboxylic acid groups (broad SMARTS) is 2. The molecule has 0 fully saturated rings. The third-order valence-corrected chi connectivity index (χ3v) is 6.20. The quantitative estimate of drug-likeness (QED) is 0.149. The largest absolute Gasteiger partial charge is 0.484 e. The van der Waals surface area contributed by atoms with E-state index in [0.717, 1.165) is 80.9 Å². The summed E-state index contributed by atoms with van der Waals surface area (Å²) in [6.45, 7) is 12.3. The highest BCUT2D eigenvalue weighted by atomic mass is 16.5. The predicted octanol–water partition coefficient (Wildman–Crippen LogP) is 8.06. The van der Waals surface area contributed by atoms with Crippen LogP contribution in [0.4, 0.5) is 0 Å². The molecule has 0 amide bonds. The number of allylic oxidation sites excluding steroid dienone is 3. The Labute approximate surface area is 202 Å². The van der Waals surface area contributed by atoms with Crippen LogP contribution in [-0.4, -0.2) is 28.3 Å². The van der Waals surface area contributed by atoms with Crippen LogP contribution in [0.25, 0.3) is 0 Å². The lowest BCUT2D eigenvalue weighted by Gasteiger charge is -2.31. The van der Waals surface area contributed by atoms with E-state index in [4.69, 9.17) is 4.74 Å². The molecule has 0 spiro atoms. The lowest BCUT2D eigenvalue weighted by molar-refractivity contribution is -0.162. The number of carboxylic acids is 2. The average molecular weight is 465 g/mol. The molecule has 2 N–H and O–H groups in total. The van der Waals surface area contributed by atoms with Crippen LogP contribution in [0, 0.1) is 5.41 Å². The summed E-state index contributed by atoms with van der Waals surface area (Å²) in [7, 11) is 0. The van der Waals surface area contributed by atoms with E-state index >= 15 is 0 Å². The van der Waals surface area contributed by atoms with Crippen molar-refractivity contribution in [1.29, 1.82) is 0 Å². The molecule has 0 saturated carbocycles. The third-order valence-electron chi connectivity index (χ3n) is 6.20. The van der Waals surface area contributed by atoms with Crippen LogP contribution < -0.4 is 0 Å². The third kappa shape index (κ3) is 10.6. The van der Waals surface area contributed by atoms with Crippen molar-refractivity contribution in [3.8, 4) is 0 Å². The number of unbranched alkanes of at least 4 members (excludes halogenated alkanes) is 3. The Hall–Kier alpha value is -2.04. The Bertz CT molecular complexity index is 646. The Morgan fingerprint density at radius 1 is 0.727 bits per heavy atom. The molecule has 0 saturated heterocycles. The maximum Gasteiger partial charge on any atom is 0.346 e. The molecule has 0 aliphatic carbocycles. The fourth-order valence-corrected chi connectivity index (χ4v) is 3.88. The molecular formula is C28H48O5. The second-order valence-electron chi connectivity index (χ2n) is 8.85. The summed E-state index contributed by atoms with van der Waals surface area (Å²) in [4.78, 5) is 25.3. The first kappa shape index (κ1) is 31.0. The van der Waals surface area contributed by atoms with E-state index in [1.807, 2.05) is 20.8 Å². The first-order valence-corrected chi connectivity index (χ1v) is 13.0. The zero-order valence-electron chi connectivity index (χ0n) is 21.9. The number of carbonyl (C=O) groups is 2. The van der Waals surface area contributed by atoms with E-state index in [0.29, 0.717) is 12.8 Å². The minimum atomic E-state index is -1.76. The molecule has 0 aliphatic rings. The number of rotatable bonds is 19. The van der Waals surface area contributed by atoms with Crippen molar-refractivity contribution < 1.29 is 24.5 Å². The van der Waals surface area contributed by atoms with Gasteiger partial charge in [-0.05, 0) is 63.4 Å². The van der Waals surface area contributed by atoms with Gasteiger partial charge < -0.3 is 14.9 Å². The zero-order chi connectivity index (χ0) is 25.3. The number of aliphatic carboxylic acids is 2. The first-order valence-electron chi connectivity index (χ1n) is 13.0. The van der Waals surface area contributed by atoms with Gasteiger partial charge in [-0.15, -0.1) is 0 Å². The van der Waals surface area contributed by atoms with Crippen LogP contribution in [0.1, 0.15) is 119 Å². The summed E-state index contributed by atoms with van der Waals surface area (Å²) in [5, 5.41) is 20.7. The summed E-state index contributed by atoms with van der Waals surface area (Å²) in [6, 6.07) is 0. The van der Waals surface area contributed by atoms with Crippen molar-refractivity contribution in [2.75, 3.05) is 0 Å². The second kappa shape index (κ2) is 17.4. The van der Waals surface area contributed by atoms with Crippen molar-refractivity contribution >= 4 is 11.9 Å². The van der Waals surface area contributed by atoms with Gasteiger partial charge in [0, 0.05) is 0 Å². The van der Waals surface area contributed by atoms with Gasteiger partial charge in [0.05, 0.1) is 6.26 Å². The van der Waals surface area contributed by atoms with Gasteiger partial charge in [0.25, 0.3) is 0 Å². The normalized spacial score (nSPS) is 15.8. The molecule has 0 bridgehead atoms. The number of hydrogen-bond donors (Lipinski definition) is 2. The Kier molecular flexibility index (Phi) is 16.4. The van der Waals surface area contributed by atoms with E-state index in [-0.39, 0.29) is 0 Å². The SMILES string of the molecule is CCCCC(=COC(C(=O)O)C(C=C(CC)CCCC)(C=C(CC)CCCC)C(=O)O)CC. The van der Waals surface area contributed by atoms with Crippen LogP contribution in [-0.2, 0) is 14.3 Å². The lowest BCUT2D eigenvalue weighted by Crippen LogP contribution is -2.46. The van der Waals surface area contributed by atoms with Crippen LogP contribution in [0.5, 0.6) is 0 Å². The Morgan fingerprint density at radius 2 is 1.12 bits per heavy atom. The highest BCUT2D eigenvalue weighted by Gasteiger charge is 2.49. The Balaban J connectivity index is 6.73. The van der Waals surface area contributed by atoms with Gasteiger partial charge in [0.1, 0.15) is 0 Å². The molecule has 5 nitrogen and oxygen atoms in total. The van der Waals surface area contributed by atoms with E-state index < -0.39 is 23.5 Å². The van der Waals surface area contributed by atoms with Gasteiger partial charge in [-0.2, -0.15) is 0 Å². The van der Waals surface area contributed by atoms with Gasteiger partial charge in [0.2, 0.25) is 6.10 Å². The predicted molar refractivity (Wildman–Crippen MR) is 136 cm³/mol. The minimum Gasteiger partial charge on any atom is -0.484 e. The van der Waals surface area contributed by atoms with E-state index in [1.165, 1.54) is 6.26 Å². The van der Waals surface area contributed by atoms with Crippen molar-refractivity contribution in [1.82, 2.24) is 0 Å². The van der Waals surface area contributed by atoms with Crippen LogP contribution >= 0.6 is 0 Å². The summed E-state index contributed by atoms with van der Waals surface area (Å²) >= 11 is 0. The first-order chi connectivity index (χ1) is 15.8. The van der Waals surface area contributed by atoms with E-state index in [1.54, 1.807) is 12.2 Å². The monoisotopic (exact) mass is 464 g/mol. The lowest BCUT2D eigenvalue weighted by atomic mass is 9.76. The van der Waals surface area contributed by atoms with Crippen molar-refractivity contribution in [3.63, 3.8) is 0 Å². The van der Waals surface area contributed by atoms with Crippen molar-refractivity contribution in [2.24, 2.45) is 5.41 Å². The minimum absolute atomic E-state index is 0.679. The number of hydrogen-bond acceptors (Lipinski definition) is 3. The molecule has 0 heterocycles. The average Bonchev–Trinajstić information content (AvgIpc) is 2.80. The second-order valence-corrected chi connectivity index (χ2v) is 8.85. The molecule has 0 rings (SSSR count). The topological polar surface area (TPSA) is 83.8 Å². The van der Waals surface area contributed by atoms with Gasteiger partial charge >= 0.3 is 11.9 Å². The molecule has 0 aromatic rings. The molecule has 0 aromatic carbocycles. The van der Waals surface area contributed by atoms with Gasteiger partial charge in [0.15, 0.2) is 5.41 Å². The van der Waals surface area contributed by atoms with Crippen molar-refractivity contribution in [2.45, 2.75) is 125 Å². The summed E-state index contributed by atoms with van der Waals surface area (Å²) in [6.07, 6.45) is 13.6. The maximum atomic E-state index is 12.9. The fourth-order valence-electron chi connectivity index (χ4n) is 3.88. The Morgan fingerprint density at radius 3 is 1.42 bits per heavy atom. The number of ether oxygens (including phenoxy) is 1. The van der Waals surface area contributed by atoms with E-state index in [9.17, 15) is 19.8 Å². The molecule has 33 heavy (non-hydrogen) atoms. The molecule has 0 aliphatic heterocycles. The van der Waals surface area contributed by atoms with Crippen LogP contribution in [0.15, 0.2) is 35.1 Å². The highest BCUT2D eigenvalue weighted by Crippen LogP contribution is 2.36. The summed E-state index contributed by atoms with van der Waals surface area (Å²) < 4.78 is 5.85. The molecule has 0 radical (unpaired) electrons. The highest BCUT2D eigenvalue weighted by molar-refractivity contribution is 5.89. The standard InChI is InChI=1S/C28H48O5/c1-7-13-16-22(10-4)19-28(27(31)32,20-23(11-5)17-14-8-2)25(26(29)30)33-21-24(12-6)18-15-9-3/h19-21,25H,7-18H2,1-6H3,(H,29,30)(H,31,32). The fraction of sp³-hybridized carbons (Fsp3) is 0.714. The molecule has 0 aromatic heterocycles. The molecule has 190 valence electrons. The zero-order valence-corrected chi connectivity index (χ0v) is 21.9.